The normalized spacial score (nSPS) is 19.8. The number of nitrogens with zero attached hydrogens (tertiary/aromatic N) is 1. The van der Waals surface area contributed by atoms with E-state index in [4.69, 9.17) is 14.2 Å². The van der Waals surface area contributed by atoms with E-state index in [1.807, 2.05) is 23.1 Å². The predicted molar refractivity (Wildman–Crippen MR) is 97.7 cm³/mol. The van der Waals surface area contributed by atoms with E-state index in [9.17, 15) is 9.59 Å². The van der Waals surface area contributed by atoms with Crippen LogP contribution in [0.5, 0.6) is 11.5 Å². The number of unbranched alkanes of at least 4 members (excludes halogenated alkanes) is 1. The van der Waals surface area contributed by atoms with Crippen LogP contribution in [0, 0.1) is 0 Å². The highest BCUT2D eigenvalue weighted by atomic mass is 16.5. The molecule has 26 heavy (non-hydrogen) atoms. The first-order chi connectivity index (χ1) is 12.5. The van der Waals surface area contributed by atoms with Crippen molar-refractivity contribution in [1.29, 1.82) is 0 Å². The van der Waals surface area contributed by atoms with E-state index in [1.165, 1.54) is 7.11 Å². The van der Waals surface area contributed by atoms with Crippen molar-refractivity contribution in [2.75, 3.05) is 34.4 Å². The topological polar surface area (TPSA) is 77.1 Å². The number of hydrogen-bond acceptors (Lipinski definition) is 5. The fraction of sp³-hybridized carbons (Fsp3) is 0.579. The monoisotopic (exact) mass is 364 g/mol. The van der Waals surface area contributed by atoms with Crippen molar-refractivity contribution in [3.8, 4) is 11.5 Å². The zero-order valence-corrected chi connectivity index (χ0v) is 15.9. The maximum absolute atomic E-state index is 12.6. The summed E-state index contributed by atoms with van der Waals surface area (Å²) in [6.45, 7) is 3.26. The number of alkyl carbamates (subject to hydrolysis) is 1. The summed E-state index contributed by atoms with van der Waals surface area (Å²) < 4.78 is 15.4. The van der Waals surface area contributed by atoms with E-state index in [0.717, 1.165) is 18.4 Å². The second-order valence-corrected chi connectivity index (χ2v) is 6.36. The largest absolute Gasteiger partial charge is 0.493 e. The van der Waals surface area contributed by atoms with E-state index < -0.39 is 6.09 Å². The summed E-state index contributed by atoms with van der Waals surface area (Å²) in [6.07, 6.45) is 1.79. The van der Waals surface area contributed by atoms with Gasteiger partial charge in [-0.15, -0.1) is 0 Å². The molecule has 0 radical (unpaired) electrons. The Kier molecular flexibility index (Phi) is 7.12. The van der Waals surface area contributed by atoms with Crippen molar-refractivity contribution in [3.05, 3.63) is 23.8 Å². The molecule has 7 nitrogen and oxygen atoms in total. The van der Waals surface area contributed by atoms with Crippen LogP contribution in [0.3, 0.4) is 0 Å². The van der Waals surface area contributed by atoms with Crippen LogP contribution in [0.25, 0.3) is 0 Å². The number of likely N-dealkylation sites (tertiary alicyclic amines) is 1. The Morgan fingerprint density at radius 1 is 1.23 bits per heavy atom. The SMILES string of the molecule is CCCCN1C[C@@H](NC(=O)OC)[C@H](c2ccc(OC)c(OC)c2)CC1=O. The molecule has 144 valence electrons. The molecule has 2 atom stereocenters. The average molecular weight is 364 g/mol. The fourth-order valence-corrected chi connectivity index (χ4v) is 3.28. The summed E-state index contributed by atoms with van der Waals surface area (Å²) in [5.41, 5.74) is 0.924. The van der Waals surface area contributed by atoms with Gasteiger partial charge in [0.2, 0.25) is 5.91 Å². The minimum absolute atomic E-state index is 0.0983. The third kappa shape index (κ3) is 4.59. The van der Waals surface area contributed by atoms with Gasteiger partial charge in [-0.05, 0) is 24.1 Å². The Morgan fingerprint density at radius 3 is 2.58 bits per heavy atom. The van der Waals surface area contributed by atoms with Gasteiger partial charge in [-0.3, -0.25) is 4.79 Å². The minimum Gasteiger partial charge on any atom is -0.493 e. The summed E-state index contributed by atoms with van der Waals surface area (Å²) in [4.78, 5) is 26.2. The van der Waals surface area contributed by atoms with Crippen LogP contribution in [-0.2, 0) is 9.53 Å². The molecule has 0 aliphatic carbocycles. The number of hydrogen-bond donors (Lipinski definition) is 1. The lowest BCUT2D eigenvalue weighted by molar-refractivity contribution is -0.134. The summed E-state index contributed by atoms with van der Waals surface area (Å²) >= 11 is 0. The second kappa shape index (κ2) is 9.31. The van der Waals surface area contributed by atoms with E-state index in [1.54, 1.807) is 14.2 Å². The van der Waals surface area contributed by atoms with E-state index in [0.29, 0.717) is 31.0 Å². The van der Waals surface area contributed by atoms with Crippen molar-refractivity contribution < 1.29 is 23.8 Å². The maximum Gasteiger partial charge on any atom is 0.407 e. The van der Waals surface area contributed by atoms with Gasteiger partial charge in [0.1, 0.15) is 0 Å². The molecule has 1 aliphatic rings. The van der Waals surface area contributed by atoms with Gasteiger partial charge in [0.05, 0.1) is 27.4 Å². The average Bonchev–Trinajstić information content (AvgIpc) is 2.67. The molecule has 1 aliphatic heterocycles. The van der Waals surface area contributed by atoms with Gasteiger partial charge in [0, 0.05) is 25.4 Å². The zero-order valence-electron chi connectivity index (χ0n) is 15.9. The Hall–Kier alpha value is -2.44. The molecule has 0 saturated carbocycles. The minimum atomic E-state index is -0.495. The van der Waals surface area contributed by atoms with Crippen LogP contribution in [0.15, 0.2) is 18.2 Å². The van der Waals surface area contributed by atoms with E-state index >= 15 is 0 Å². The molecule has 1 aromatic rings. The number of methoxy groups -OCH3 is 3. The van der Waals surface area contributed by atoms with Crippen molar-refractivity contribution >= 4 is 12.0 Å². The summed E-state index contributed by atoms with van der Waals surface area (Å²) in [7, 11) is 4.49. The quantitative estimate of drug-likeness (QED) is 0.805. The Bertz CT molecular complexity index is 634. The molecule has 0 aromatic heterocycles. The molecular weight excluding hydrogens is 336 g/mol. The van der Waals surface area contributed by atoms with Gasteiger partial charge in [-0.1, -0.05) is 19.4 Å². The molecule has 2 amide bonds. The number of carbonyl (C=O) groups excluding carboxylic acids is 2. The molecule has 1 saturated heterocycles. The number of ether oxygens (including phenoxy) is 3. The highest BCUT2D eigenvalue weighted by Gasteiger charge is 2.36. The summed E-state index contributed by atoms with van der Waals surface area (Å²) in [6, 6.07) is 5.37. The van der Waals surface area contributed by atoms with Gasteiger partial charge in [0.25, 0.3) is 0 Å². The van der Waals surface area contributed by atoms with E-state index in [-0.39, 0.29) is 17.9 Å². The molecule has 1 aromatic carbocycles. The lowest BCUT2D eigenvalue weighted by atomic mass is 9.84. The van der Waals surface area contributed by atoms with Crippen molar-refractivity contribution in [2.45, 2.75) is 38.1 Å². The Labute approximate surface area is 154 Å². The molecule has 1 fully saturated rings. The van der Waals surface area contributed by atoms with Gasteiger partial charge in [0.15, 0.2) is 11.5 Å². The van der Waals surface area contributed by atoms with Crippen molar-refractivity contribution in [3.63, 3.8) is 0 Å². The third-order valence-electron chi connectivity index (χ3n) is 4.76. The molecular formula is C19H28N2O5. The Balaban J connectivity index is 2.28. The zero-order chi connectivity index (χ0) is 19.1. The molecule has 1 N–H and O–H groups in total. The molecule has 0 spiro atoms. The van der Waals surface area contributed by atoms with Gasteiger partial charge >= 0.3 is 6.09 Å². The number of rotatable bonds is 7. The summed E-state index contributed by atoms with van der Waals surface area (Å²) in [5, 5.41) is 2.88. The lowest BCUT2D eigenvalue weighted by Crippen LogP contribution is -2.53. The lowest BCUT2D eigenvalue weighted by Gasteiger charge is -2.38. The summed E-state index contributed by atoms with van der Waals surface area (Å²) in [5.74, 6) is 1.17. The number of nitrogens with one attached hydrogen (secondary N) is 1. The molecule has 2 rings (SSSR count). The van der Waals surface area contributed by atoms with Crippen LogP contribution < -0.4 is 14.8 Å². The first kappa shape index (κ1) is 19.9. The number of benzene rings is 1. The standard InChI is InChI=1S/C19H28N2O5/c1-5-6-9-21-12-15(20-19(23)26-4)14(11-18(21)22)13-7-8-16(24-2)17(10-13)25-3/h7-8,10,14-15H,5-6,9,11-12H2,1-4H3,(H,20,23)/t14-,15+/m0/s1. The number of amides is 2. The molecule has 0 bridgehead atoms. The Morgan fingerprint density at radius 2 is 1.96 bits per heavy atom. The van der Waals surface area contributed by atoms with Crippen LogP contribution >= 0.6 is 0 Å². The first-order valence-corrected chi connectivity index (χ1v) is 8.88. The first-order valence-electron chi connectivity index (χ1n) is 8.88. The highest BCUT2D eigenvalue weighted by Crippen LogP contribution is 2.35. The van der Waals surface area contributed by atoms with Crippen LogP contribution in [0.2, 0.25) is 0 Å². The van der Waals surface area contributed by atoms with Crippen LogP contribution in [0.1, 0.15) is 37.7 Å². The number of piperidine rings is 1. The van der Waals surface area contributed by atoms with Gasteiger partial charge in [-0.25, -0.2) is 4.79 Å². The fourth-order valence-electron chi connectivity index (χ4n) is 3.28. The molecule has 7 heteroatoms. The van der Waals surface area contributed by atoms with Crippen molar-refractivity contribution in [2.24, 2.45) is 0 Å². The van der Waals surface area contributed by atoms with Crippen LogP contribution in [0.4, 0.5) is 4.79 Å². The predicted octanol–water partition coefficient (Wildman–Crippen LogP) is 2.54. The second-order valence-electron chi connectivity index (χ2n) is 6.36. The van der Waals surface area contributed by atoms with Gasteiger partial charge in [-0.2, -0.15) is 0 Å². The van der Waals surface area contributed by atoms with Crippen molar-refractivity contribution in [1.82, 2.24) is 10.2 Å². The van der Waals surface area contributed by atoms with Crippen LogP contribution in [-0.4, -0.2) is 57.4 Å². The molecule has 0 unspecified atom stereocenters. The maximum atomic E-state index is 12.6. The number of carbonyl (C=O) groups is 2. The smallest absolute Gasteiger partial charge is 0.407 e. The highest BCUT2D eigenvalue weighted by molar-refractivity contribution is 5.79. The molecule has 1 heterocycles. The van der Waals surface area contributed by atoms with Gasteiger partial charge < -0.3 is 24.4 Å². The van der Waals surface area contributed by atoms with E-state index in [2.05, 4.69) is 12.2 Å². The third-order valence-corrected chi connectivity index (χ3v) is 4.76.